The van der Waals surface area contributed by atoms with Crippen molar-refractivity contribution in [2.45, 2.75) is 12.5 Å². The van der Waals surface area contributed by atoms with Crippen molar-refractivity contribution in [3.63, 3.8) is 0 Å². The van der Waals surface area contributed by atoms with E-state index in [1.165, 1.54) is 40.8 Å². The Morgan fingerprint density at radius 2 is 1.75 bits per heavy atom. The van der Waals surface area contributed by atoms with E-state index >= 15 is 0 Å². The average molecular weight is 389 g/mol. The van der Waals surface area contributed by atoms with Crippen molar-refractivity contribution in [1.82, 2.24) is 14.9 Å². The number of nitrogens with zero attached hydrogens (tertiary/aromatic N) is 3. The van der Waals surface area contributed by atoms with Gasteiger partial charge in [0, 0.05) is 13.0 Å². The van der Waals surface area contributed by atoms with Gasteiger partial charge in [0.15, 0.2) is 11.5 Å². The van der Waals surface area contributed by atoms with Crippen molar-refractivity contribution in [1.29, 1.82) is 0 Å². The first-order valence-electron chi connectivity index (χ1n) is 8.72. The molecule has 2 aromatic rings. The Hall–Kier alpha value is -3.23. The second-order valence-electron chi connectivity index (χ2n) is 6.06. The Morgan fingerprint density at radius 3 is 2.43 bits per heavy atom. The molecule has 0 bridgehead atoms. The summed E-state index contributed by atoms with van der Waals surface area (Å²) >= 11 is 0. The molecule has 1 aliphatic heterocycles. The molecule has 3 rings (SSSR count). The molecule has 0 spiro atoms. The summed E-state index contributed by atoms with van der Waals surface area (Å²) < 4.78 is 26.9. The number of amides is 1. The number of hydrogen-bond donors (Lipinski definition) is 0. The van der Waals surface area contributed by atoms with Crippen molar-refractivity contribution in [2.75, 3.05) is 41.5 Å². The van der Waals surface area contributed by atoms with E-state index < -0.39 is 0 Å². The molecule has 1 amide bonds. The highest BCUT2D eigenvalue weighted by molar-refractivity contribution is 5.98. The van der Waals surface area contributed by atoms with E-state index in [4.69, 9.17) is 23.7 Å². The fourth-order valence-corrected chi connectivity index (χ4v) is 3.11. The zero-order chi connectivity index (χ0) is 20.1. The van der Waals surface area contributed by atoms with Crippen molar-refractivity contribution in [2.24, 2.45) is 0 Å². The van der Waals surface area contributed by atoms with Crippen molar-refractivity contribution in [3.05, 3.63) is 30.1 Å². The number of aromatic nitrogens is 2. The number of carbonyl (C=O) groups excluding carboxylic acids is 1. The molecule has 1 aromatic carbocycles. The topological polar surface area (TPSA) is 92.2 Å². The summed E-state index contributed by atoms with van der Waals surface area (Å²) in [4.78, 5) is 23.0. The molecule has 0 N–H and O–H groups in total. The van der Waals surface area contributed by atoms with E-state index in [0.29, 0.717) is 54.1 Å². The van der Waals surface area contributed by atoms with Gasteiger partial charge in [-0.15, -0.1) is 0 Å². The Morgan fingerprint density at radius 1 is 1.00 bits per heavy atom. The molecule has 1 saturated heterocycles. The van der Waals surface area contributed by atoms with Crippen LogP contribution < -0.4 is 23.7 Å². The largest absolute Gasteiger partial charge is 0.493 e. The minimum Gasteiger partial charge on any atom is -0.493 e. The van der Waals surface area contributed by atoms with Gasteiger partial charge in [0.05, 0.1) is 52.9 Å². The molecule has 1 aromatic heterocycles. The summed E-state index contributed by atoms with van der Waals surface area (Å²) in [6.07, 6.45) is 3.52. The van der Waals surface area contributed by atoms with Gasteiger partial charge < -0.3 is 28.6 Å². The first-order chi connectivity index (χ1) is 13.6. The van der Waals surface area contributed by atoms with Crippen LogP contribution in [0.25, 0.3) is 0 Å². The fourth-order valence-electron chi connectivity index (χ4n) is 3.11. The van der Waals surface area contributed by atoms with Crippen LogP contribution in [-0.2, 0) is 0 Å². The van der Waals surface area contributed by atoms with E-state index in [2.05, 4.69) is 9.97 Å². The summed E-state index contributed by atoms with van der Waals surface area (Å²) in [5.74, 6) is 1.79. The molecular weight excluding hydrogens is 366 g/mol. The predicted molar refractivity (Wildman–Crippen MR) is 99.6 cm³/mol. The molecule has 2 heterocycles. The first kappa shape index (κ1) is 19.5. The van der Waals surface area contributed by atoms with Crippen molar-refractivity contribution < 1.29 is 28.5 Å². The number of likely N-dealkylation sites (tertiary alicyclic amines) is 1. The Kier molecular flexibility index (Phi) is 6.03. The van der Waals surface area contributed by atoms with Crippen LogP contribution in [0.5, 0.6) is 29.0 Å². The van der Waals surface area contributed by atoms with Gasteiger partial charge in [-0.1, -0.05) is 0 Å². The summed E-state index contributed by atoms with van der Waals surface area (Å²) in [7, 11) is 6.04. The van der Waals surface area contributed by atoms with Gasteiger partial charge in [-0.25, -0.2) is 0 Å². The molecule has 1 unspecified atom stereocenters. The molecule has 9 heteroatoms. The maximum atomic E-state index is 13.0. The molecule has 1 atom stereocenters. The van der Waals surface area contributed by atoms with Crippen LogP contribution in [0.1, 0.15) is 16.8 Å². The van der Waals surface area contributed by atoms with E-state index in [9.17, 15) is 4.79 Å². The summed E-state index contributed by atoms with van der Waals surface area (Å²) in [5.41, 5.74) is 0.405. The van der Waals surface area contributed by atoms with Crippen LogP contribution in [0.15, 0.2) is 24.5 Å². The van der Waals surface area contributed by atoms with Gasteiger partial charge in [-0.05, 0) is 12.1 Å². The number of benzene rings is 1. The molecular formula is C19H23N3O6. The lowest BCUT2D eigenvalue weighted by Crippen LogP contribution is -2.31. The molecule has 28 heavy (non-hydrogen) atoms. The quantitative estimate of drug-likeness (QED) is 0.708. The van der Waals surface area contributed by atoms with Crippen LogP contribution in [-0.4, -0.2) is 68.4 Å². The highest BCUT2D eigenvalue weighted by atomic mass is 16.5. The number of ether oxygens (including phenoxy) is 5. The molecule has 1 fully saturated rings. The lowest BCUT2D eigenvalue weighted by Gasteiger charge is -2.20. The third kappa shape index (κ3) is 3.88. The Balaban J connectivity index is 1.74. The zero-order valence-corrected chi connectivity index (χ0v) is 16.3. The molecule has 9 nitrogen and oxygen atoms in total. The van der Waals surface area contributed by atoms with Crippen molar-refractivity contribution >= 4 is 5.91 Å². The normalized spacial score (nSPS) is 15.9. The Bertz CT molecular complexity index is 844. The molecule has 0 aliphatic carbocycles. The van der Waals surface area contributed by atoms with Gasteiger partial charge in [0.1, 0.15) is 6.10 Å². The van der Waals surface area contributed by atoms with Crippen LogP contribution in [0.3, 0.4) is 0 Å². The second kappa shape index (κ2) is 8.64. The average Bonchev–Trinajstić information content (AvgIpc) is 3.20. The molecule has 150 valence electrons. The van der Waals surface area contributed by atoms with E-state index in [1.54, 1.807) is 17.0 Å². The highest BCUT2D eigenvalue weighted by Crippen LogP contribution is 2.40. The van der Waals surface area contributed by atoms with E-state index in [1.807, 2.05) is 0 Å². The highest BCUT2D eigenvalue weighted by Gasteiger charge is 2.31. The smallest absolute Gasteiger partial charge is 0.257 e. The maximum absolute atomic E-state index is 13.0. The van der Waals surface area contributed by atoms with Gasteiger partial charge in [0.2, 0.25) is 17.5 Å². The van der Waals surface area contributed by atoms with Crippen LogP contribution in [0, 0.1) is 0 Å². The first-order valence-corrected chi connectivity index (χ1v) is 8.72. The van der Waals surface area contributed by atoms with Crippen molar-refractivity contribution in [3.8, 4) is 29.0 Å². The lowest BCUT2D eigenvalue weighted by molar-refractivity contribution is 0.0766. The molecule has 1 aliphatic rings. The third-order valence-electron chi connectivity index (χ3n) is 4.45. The molecule has 0 saturated carbocycles. The number of methoxy groups -OCH3 is 4. The van der Waals surface area contributed by atoms with Crippen LogP contribution in [0.4, 0.5) is 0 Å². The van der Waals surface area contributed by atoms with Gasteiger partial charge in [-0.2, -0.15) is 4.98 Å². The van der Waals surface area contributed by atoms with Crippen LogP contribution in [0.2, 0.25) is 0 Å². The summed E-state index contributed by atoms with van der Waals surface area (Å²) in [6, 6.07) is 3.36. The molecule has 0 radical (unpaired) electrons. The predicted octanol–water partition coefficient (Wildman–Crippen LogP) is 1.80. The van der Waals surface area contributed by atoms with Gasteiger partial charge >= 0.3 is 0 Å². The number of carbonyl (C=O) groups is 1. The second-order valence-corrected chi connectivity index (χ2v) is 6.06. The van der Waals surface area contributed by atoms with E-state index in [0.717, 1.165) is 0 Å². The fraction of sp³-hybridized carbons (Fsp3) is 0.421. The minimum atomic E-state index is -0.184. The third-order valence-corrected chi connectivity index (χ3v) is 4.45. The maximum Gasteiger partial charge on any atom is 0.257 e. The Labute approximate surface area is 163 Å². The zero-order valence-electron chi connectivity index (χ0n) is 16.3. The minimum absolute atomic E-state index is 0.166. The number of hydrogen-bond acceptors (Lipinski definition) is 8. The number of rotatable bonds is 7. The SMILES string of the molecule is COc1cncc(OC2CCN(C(=O)c3ccc(OC)c(OC)c3OC)C2)n1. The summed E-state index contributed by atoms with van der Waals surface area (Å²) in [6.45, 7) is 0.980. The standard InChI is InChI=1S/C19H23N3O6/c1-24-14-6-5-13(17(26-3)18(14)27-4)19(23)22-8-7-12(11-22)28-16-10-20-9-15(21-16)25-2/h5-6,9-10,12H,7-8,11H2,1-4H3. The lowest BCUT2D eigenvalue weighted by atomic mass is 10.1. The van der Waals surface area contributed by atoms with Gasteiger partial charge in [0.25, 0.3) is 5.91 Å². The summed E-state index contributed by atoms with van der Waals surface area (Å²) in [5, 5.41) is 0. The van der Waals surface area contributed by atoms with Gasteiger partial charge in [-0.3, -0.25) is 9.78 Å². The van der Waals surface area contributed by atoms with E-state index in [-0.39, 0.29) is 12.0 Å². The monoisotopic (exact) mass is 389 g/mol. The van der Waals surface area contributed by atoms with Crippen LogP contribution >= 0.6 is 0 Å².